The number of nitrogens with zero attached hydrogens (tertiary/aromatic N) is 1. The second-order valence-corrected chi connectivity index (χ2v) is 7.16. The quantitative estimate of drug-likeness (QED) is 0.620. The molecular weight excluding hydrogens is 342 g/mol. The second kappa shape index (κ2) is 6.78. The van der Waals surface area contributed by atoms with Gasteiger partial charge in [0.15, 0.2) is 0 Å². The van der Waals surface area contributed by atoms with Crippen LogP contribution in [0.1, 0.15) is 30.2 Å². The molecule has 27 heavy (non-hydrogen) atoms. The van der Waals surface area contributed by atoms with Crippen molar-refractivity contribution in [1.82, 2.24) is 14.9 Å². The van der Waals surface area contributed by atoms with Crippen molar-refractivity contribution in [2.75, 3.05) is 13.2 Å². The van der Waals surface area contributed by atoms with Gasteiger partial charge in [0.05, 0.1) is 23.4 Å². The molecular formula is C21H25N3O3. The lowest BCUT2D eigenvalue weighted by molar-refractivity contribution is 0.324. The Morgan fingerprint density at radius 3 is 2.93 bits per heavy atom. The smallest absolute Gasteiger partial charge is 0.255 e. The third-order valence-electron chi connectivity index (χ3n) is 5.38. The molecule has 0 saturated heterocycles. The van der Waals surface area contributed by atoms with Crippen LogP contribution in [-0.2, 0) is 20.0 Å². The molecule has 142 valence electrons. The molecule has 0 fully saturated rings. The summed E-state index contributed by atoms with van der Waals surface area (Å²) in [5.74, 6) is 0.803. The molecule has 0 atom stereocenters. The summed E-state index contributed by atoms with van der Waals surface area (Å²) < 4.78 is 8.14. The van der Waals surface area contributed by atoms with Gasteiger partial charge in [-0.2, -0.15) is 0 Å². The van der Waals surface area contributed by atoms with Crippen LogP contribution >= 0.6 is 0 Å². The van der Waals surface area contributed by atoms with Crippen molar-refractivity contribution in [3.63, 3.8) is 0 Å². The average molecular weight is 367 g/mol. The summed E-state index contributed by atoms with van der Waals surface area (Å²) in [6.45, 7) is 6.03. The van der Waals surface area contributed by atoms with Gasteiger partial charge in [-0.05, 0) is 32.0 Å². The third-order valence-corrected chi connectivity index (χ3v) is 5.38. The fourth-order valence-electron chi connectivity index (χ4n) is 3.77. The van der Waals surface area contributed by atoms with Gasteiger partial charge in [0.25, 0.3) is 5.56 Å². The van der Waals surface area contributed by atoms with Crippen LogP contribution in [0.4, 0.5) is 0 Å². The first-order valence-electron chi connectivity index (χ1n) is 9.42. The summed E-state index contributed by atoms with van der Waals surface area (Å²) in [4.78, 5) is 15.2. The van der Waals surface area contributed by atoms with E-state index in [1.807, 2.05) is 12.1 Å². The van der Waals surface area contributed by atoms with Crippen molar-refractivity contribution < 1.29 is 9.84 Å². The van der Waals surface area contributed by atoms with E-state index in [-0.39, 0.29) is 11.3 Å². The van der Waals surface area contributed by atoms with Gasteiger partial charge in [-0.1, -0.05) is 6.92 Å². The molecule has 0 bridgehead atoms. The van der Waals surface area contributed by atoms with Crippen molar-refractivity contribution in [2.45, 2.75) is 33.2 Å². The number of benzene rings is 1. The molecule has 6 nitrogen and oxygen atoms in total. The lowest BCUT2D eigenvalue weighted by Gasteiger charge is -2.12. The maximum Gasteiger partial charge on any atom is 0.255 e. The summed E-state index contributed by atoms with van der Waals surface area (Å²) in [6.07, 6.45) is 1.65. The largest absolute Gasteiger partial charge is 0.507 e. The molecule has 6 heteroatoms. The number of fused-ring (bicyclic) bond motifs is 4. The molecule has 2 aromatic heterocycles. The van der Waals surface area contributed by atoms with Crippen LogP contribution in [0.5, 0.6) is 11.5 Å². The van der Waals surface area contributed by atoms with Crippen LogP contribution in [-0.4, -0.2) is 27.8 Å². The van der Waals surface area contributed by atoms with E-state index in [1.165, 1.54) is 5.69 Å². The Kier molecular flexibility index (Phi) is 4.44. The van der Waals surface area contributed by atoms with Gasteiger partial charge in [-0.25, -0.2) is 0 Å². The summed E-state index contributed by atoms with van der Waals surface area (Å²) in [5.41, 5.74) is 4.58. The zero-order valence-electron chi connectivity index (χ0n) is 16.0. The fourth-order valence-corrected chi connectivity index (χ4v) is 3.77. The van der Waals surface area contributed by atoms with E-state index in [1.54, 1.807) is 6.92 Å². The van der Waals surface area contributed by atoms with Gasteiger partial charge in [0, 0.05) is 48.3 Å². The normalized spacial score (nSPS) is 13.1. The monoisotopic (exact) mass is 367 g/mol. The predicted octanol–water partition coefficient (Wildman–Crippen LogP) is 2.98. The molecule has 3 N–H and O–H groups in total. The number of aromatic amines is 1. The Labute approximate surface area is 157 Å². The minimum absolute atomic E-state index is 0.0720. The van der Waals surface area contributed by atoms with Gasteiger partial charge in [0.2, 0.25) is 0 Å². The van der Waals surface area contributed by atoms with E-state index in [2.05, 4.69) is 34.9 Å². The lowest BCUT2D eigenvalue weighted by atomic mass is 10.00. The molecule has 0 spiro atoms. The number of H-pyrrole nitrogens is 1. The highest BCUT2D eigenvalue weighted by Crippen LogP contribution is 2.40. The molecule has 0 saturated carbocycles. The first-order chi connectivity index (χ1) is 13.0. The van der Waals surface area contributed by atoms with E-state index < -0.39 is 0 Å². The van der Waals surface area contributed by atoms with E-state index >= 15 is 0 Å². The third kappa shape index (κ3) is 2.90. The number of aryl methyl sites for hydroxylation is 1. The van der Waals surface area contributed by atoms with Gasteiger partial charge < -0.3 is 24.7 Å². The zero-order valence-corrected chi connectivity index (χ0v) is 16.0. The maximum absolute atomic E-state index is 12.2. The van der Waals surface area contributed by atoms with Crippen molar-refractivity contribution >= 4 is 10.9 Å². The molecule has 0 radical (unpaired) electrons. The second-order valence-electron chi connectivity index (χ2n) is 7.16. The van der Waals surface area contributed by atoms with Gasteiger partial charge in [0.1, 0.15) is 11.5 Å². The van der Waals surface area contributed by atoms with Gasteiger partial charge >= 0.3 is 0 Å². The maximum atomic E-state index is 12.2. The number of aromatic nitrogens is 2. The summed E-state index contributed by atoms with van der Waals surface area (Å²) in [7, 11) is 2.05. The molecule has 0 amide bonds. The van der Waals surface area contributed by atoms with Crippen molar-refractivity contribution in [3.05, 3.63) is 45.4 Å². The van der Waals surface area contributed by atoms with Crippen LogP contribution in [0.3, 0.4) is 0 Å². The molecule has 3 aromatic rings. The summed E-state index contributed by atoms with van der Waals surface area (Å²) >= 11 is 0. The summed E-state index contributed by atoms with van der Waals surface area (Å²) in [6, 6.07) is 6.23. The van der Waals surface area contributed by atoms with Crippen LogP contribution in [0.25, 0.3) is 22.2 Å². The zero-order chi connectivity index (χ0) is 19.1. The Morgan fingerprint density at radius 1 is 1.33 bits per heavy atom. The fraction of sp³-hybridized carbons (Fsp3) is 0.381. The highest BCUT2D eigenvalue weighted by Gasteiger charge is 2.23. The van der Waals surface area contributed by atoms with E-state index in [0.29, 0.717) is 24.3 Å². The van der Waals surface area contributed by atoms with E-state index in [4.69, 9.17) is 4.74 Å². The van der Waals surface area contributed by atoms with E-state index in [9.17, 15) is 9.90 Å². The topological polar surface area (TPSA) is 79.3 Å². The minimum atomic E-state index is -0.267. The molecule has 0 unspecified atom stereocenters. The number of pyridine rings is 1. The van der Waals surface area contributed by atoms with Crippen molar-refractivity contribution in [3.8, 4) is 22.8 Å². The molecule has 0 aliphatic carbocycles. The highest BCUT2D eigenvalue weighted by atomic mass is 16.5. The van der Waals surface area contributed by atoms with Crippen molar-refractivity contribution in [1.29, 1.82) is 0 Å². The van der Waals surface area contributed by atoms with Crippen molar-refractivity contribution in [2.24, 2.45) is 7.05 Å². The van der Waals surface area contributed by atoms with Crippen LogP contribution < -0.4 is 15.6 Å². The molecule has 1 aromatic carbocycles. The standard InChI is InChI=1S/C21H25N3O3/c1-4-6-22-11-14-8-13-9-16-18(10-17(13)24(14)3)27-7-5-15-19(16)23-21(26)12(2)20(15)25/h8-10,22H,4-7,11H2,1-3H3,(H2,23,25,26). The van der Waals surface area contributed by atoms with Crippen LogP contribution in [0, 0.1) is 6.92 Å². The average Bonchev–Trinajstić information content (AvgIpc) is 2.84. The number of nitrogens with one attached hydrogen (secondary N) is 2. The molecule has 4 rings (SSSR count). The van der Waals surface area contributed by atoms with Crippen LogP contribution in [0.2, 0.25) is 0 Å². The highest BCUT2D eigenvalue weighted by molar-refractivity contribution is 5.90. The number of rotatable bonds is 4. The molecule has 3 heterocycles. The SMILES string of the molecule is CCCNCc1cc2cc3c(cc2n1C)OCCc1c-3[nH]c(=O)c(C)c1O. The number of hydrogen-bond donors (Lipinski definition) is 3. The van der Waals surface area contributed by atoms with Crippen LogP contribution in [0.15, 0.2) is 23.0 Å². The minimum Gasteiger partial charge on any atom is -0.507 e. The Hall–Kier alpha value is -2.73. The number of ether oxygens (including phenoxy) is 1. The molecule has 1 aliphatic heterocycles. The summed E-state index contributed by atoms with van der Waals surface area (Å²) in [5, 5.41) is 15.0. The predicted molar refractivity (Wildman–Crippen MR) is 107 cm³/mol. The first kappa shape index (κ1) is 17.7. The van der Waals surface area contributed by atoms with E-state index in [0.717, 1.165) is 47.3 Å². The number of hydrogen-bond acceptors (Lipinski definition) is 4. The van der Waals surface area contributed by atoms with Gasteiger partial charge in [-0.15, -0.1) is 0 Å². The molecule has 1 aliphatic rings. The first-order valence-corrected chi connectivity index (χ1v) is 9.42. The lowest BCUT2D eigenvalue weighted by Crippen LogP contribution is -2.15. The Balaban J connectivity index is 1.88. The number of aromatic hydroxyl groups is 1. The Morgan fingerprint density at radius 2 is 2.15 bits per heavy atom. The van der Waals surface area contributed by atoms with Gasteiger partial charge in [-0.3, -0.25) is 4.79 Å². The Bertz CT molecular complexity index is 1080.